The zero-order valence-corrected chi connectivity index (χ0v) is 14.2. The van der Waals surface area contributed by atoms with Crippen LogP contribution in [0.25, 0.3) is 0 Å². The average molecular weight is 300 g/mol. The number of hydrogen-bond donors (Lipinski definition) is 2. The molecular formula is C16H32N2O3. The Morgan fingerprint density at radius 2 is 2.00 bits per heavy atom. The summed E-state index contributed by atoms with van der Waals surface area (Å²) in [6, 6.07) is 0.554. The van der Waals surface area contributed by atoms with Gasteiger partial charge in [0.2, 0.25) is 0 Å². The van der Waals surface area contributed by atoms with E-state index in [-0.39, 0.29) is 12.1 Å². The van der Waals surface area contributed by atoms with Crippen LogP contribution in [0.1, 0.15) is 53.9 Å². The topological polar surface area (TPSA) is 59.6 Å². The third-order valence-corrected chi connectivity index (χ3v) is 3.59. The molecule has 1 heterocycles. The van der Waals surface area contributed by atoms with Gasteiger partial charge in [-0.15, -0.1) is 0 Å². The lowest BCUT2D eigenvalue weighted by atomic mass is 10.0. The Labute approximate surface area is 129 Å². The van der Waals surface area contributed by atoms with Crippen molar-refractivity contribution in [1.29, 1.82) is 0 Å². The van der Waals surface area contributed by atoms with Gasteiger partial charge in [-0.1, -0.05) is 13.8 Å². The molecule has 1 saturated heterocycles. The van der Waals surface area contributed by atoms with E-state index in [2.05, 4.69) is 24.5 Å². The van der Waals surface area contributed by atoms with E-state index in [1.165, 1.54) is 0 Å². The summed E-state index contributed by atoms with van der Waals surface area (Å²) in [4.78, 5) is 11.9. The molecule has 1 amide bonds. The number of rotatable bonds is 5. The summed E-state index contributed by atoms with van der Waals surface area (Å²) in [5.74, 6) is 0.354. The SMILES string of the molecule is CC(C)C(CNC1CCCOCC1)NC(=O)OC(C)(C)C. The maximum atomic E-state index is 11.9. The van der Waals surface area contributed by atoms with Gasteiger partial charge >= 0.3 is 6.09 Å². The van der Waals surface area contributed by atoms with E-state index >= 15 is 0 Å². The first kappa shape index (κ1) is 18.2. The summed E-state index contributed by atoms with van der Waals surface area (Å²) >= 11 is 0. The molecule has 2 atom stereocenters. The molecule has 0 spiro atoms. The Morgan fingerprint density at radius 3 is 2.62 bits per heavy atom. The lowest BCUT2D eigenvalue weighted by molar-refractivity contribution is 0.0488. The maximum absolute atomic E-state index is 11.9. The molecule has 1 aliphatic rings. The Balaban J connectivity index is 2.40. The van der Waals surface area contributed by atoms with Crippen LogP contribution >= 0.6 is 0 Å². The van der Waals surface area contributed by atoms with Crippen LogP contribution in [0, 0.1) is 5.92 Å². The molecule has 0 radical (unpaired) electrons. The minimum Gasteiger partial charge on any atom is -0.444 e. The molecule has 1 aliphatic heterocycles. The highest BCUT2D eigenvalue weighted by atomic mass is 16.6. The van der Waals surface area contributed by atoms with Crippen molar-refractivity contribution in [2.75, 3.05) is 19.8 Å². The summed E-state index contributed by atoms with van der Waals surface area (Å²) in [7, 11) is 0. The second-order valence-electron chi connectivity index (χ2n) is 7.15. The zero-order valence-electron chi connectivity index (χ0n) is 14.2. The fourth-order valence-corrected chi connectivity index (χ4v) is 2.31. The second-order valence-corrected chi connectivity index (χ2v) is 7.15. The van der Waals surface area contributed by atoms with Gasteiger partial charge < -0.3 is 20.1 Å². The maximum Gasteiger partial charge on any atom is 0.407 e. The van der Waals surface area contributed by atoms with Crippen molar-refractivity contribution < 1.29 is 14.3 Å². The first-order valence-corrected chi connectivity index (χ1v) is 8.08. The number of alkyl carbamates (subject to hydrolysis) is 1. The Morgan fingerprint density at radius 1 is 1.29 bits per heavy atom. The van der Waals surface area contributed by atoms with E-state index in [1.54, 1.807) is 0 Å². The first-order valence-electron chi connectivity index (χ1n) is 8.08. The number of carbonyl (C=O) groups is 1. The zero-order chi connectivity index (χ0) is 15.9. The summed E-state index contributed by atoms with van der Waals surface area (Å²) in [6.45, 7) is 12.3. The standard InChI is InChI=1S/C16H32N2O3/c1-12(2)14(18-15(19)21-16(3,4)5)11-17-13-7-6-9-20-10-8-13/h12-14,17H,6-11H2,1-5H3,(H,18,19). The van der Waals surface area contributed by atoms with Gasteiger partial charge in [0, 0.05) is 31.8 Å². The Kier molecular flexibility index (Phi) is 7.46. The van der Waals surface area contributed by atoms with Crippen molar-refractivity contribution in [3.05, 3.63) is 0 Å². The smallest absolute Gasteiger partial charge is 0.407 e. The predicted octanol–water partition coefficient (Wildman–Crippen LogP) is 2.69. The van der Waals surface area contributed by atoms with Crippen LogP contribution < -0.4 is 10.6 Å². The molecule has 124 valence electrons. The van der Waals surface area contributed by atoms with Crippen molar-refractivity contribution in [1.82, 2.24) is 10.6 Å². The quantitative estimate of drug-likeness (QED) is 0.819. The van der Waals surface area contributed by atoms with E-state index in [0.29, 0.717) is 12.0 Å². The molecule has 0 saturated carbocycles. The molecule has 0 aromatic rings. The minimum atomic E-state index is -0.461. The highest BCUT2D eigenvalue weighted by Gasteiger charge is 2.22. The normalized spacial score (nSPS) is 21.7. The molecule has 0 bridgehead atoms. The molecule has 5 nitrogen and oxygen atoms in total. The highest BCUT2D eigenvalue weighted by molar-refractivity contribution is 5.68. The molecule has 1 fully saturated rings. The van der Waals surface area contributed by atoms with Crippen LogP contribution in [-0.2, 0) is 9.47 Å². The Bertz CT molecular complexity index is 305. The molecule has 0 aromatic carbocycles. The number of amides is 1. The van der Waals surface area contributed by atoms with Crippen LogP contribution in [0.5, 0.6) is 0 Å². The van der Waals surface area contributed by atoms with Crippen molar-refractivity contribution in [2.45, 2.75) is 71.6 Å². The number of hydrogen-bond acceptors (Lipinski definition) is 4. The van der Waals surface area contributed by atoms with Gasteiger partial charge in [-0.3, -0.25) is 0 Å². The van der Waals surface area contributed by atoms with Crippen molar-refractivity contribution in [3.8, 4) is 0 Å². The van der Waals surface area contributed by atoms with Crippen LogP contribution in [0.4, 0.5) is 4.79 Å². The van der Waals surface area contributed by atoms with Gasteiger partial charge in [-0.2, -0.15) is 0 Å². The monoisotopic (exact) mass is 300 g/mol. The van der Waals surface area contributed by atoms with Gasteiger partial charge in [0.25, 0.3) is 0 Å². The average Bonchev–Trinajstić information content (AvgIpc) is 2.60. The van der Waals surface area contributed by atoms with Crippen LogP contribution in [0.3, 0.4) is 0 Å². The lowest BCUT2D eigenvalue weighted by Crippen LogP contribution is -2.49. The van der Waals surface area contributed by atoms with Crippen molar-refractivity contribution in [3.63, 3.8) is 0 Å². The largest absolute Gasteiger partial charge is 0.444 e. The molecular weight excluding hydrogens is 268 g/mol. The Hall–Kier alpha value is -0.810. The van der Waals surface area contributed by atoms with E-state index in [1.807, 2.05) is 20.8 Å². The molecule has 21 heavy (non-hydrogen) atoms. The fourth-order valence-electron chi connectivity index (χ4n) is 2.31. The van der Waals surface area contributed by atoms with Crippen LogP contribution in [0.2, 0.25) is 0 Å². The van der Waals surface area contributed by atoms with Crippen LogP contribution in [-0.4, -0.2) is 43.5 Å². The molecule has 1 rings (SSSR count). The van der Waals surface area contributed by atoms with E-state index < -0.39 is 5.60 Å². The number of nitrogens with one attached hydrogen (secondary N) is 2. The molecule has 2 N–H and O–H groups in total. The first-order chi connectivity index (χ1) is 9.78. The molecule has 0 aliphatic carbocycles. The lowest BCUT2D eigenvalue weighted by Gasteiger charge is -2.27. The fraction of sp³-hybridized carbons (Fsp3) is 0.938. The molecule has 0 aromatic heterocycles. The third-order valence-electron chi connectivity index (χ3n) is 3.59. The predicted molar refractivity (Wildman–Crippen MR) is 84.5 cm³/mol. The van der Waals surface area contributed by atoms with E-state index in [4.69, 9.17) is 9.47 Å². The van der Waals surface area contributed by atoms with Gasteiger partial charge in [-0.25, -0.2) is 4.79 Å². The minimum absolute atomic E-state index is 0.0732. The number of ether oxygens (including phenoxy) is 2. The third kappa shape index (κ3) is 8.27. The highest BCUT2D eigenvalue weighted by Crippen LogP contribution is 2.11. The summed E-state index contributed by atoms with van der Waals surface area (Å²) in [5.41, 5.74) is -0.461. The van der Waals surface area contributed by atoms with Crippen molar-refractivity contribution >= 4 is 6.09 Å². The van der Waals surface area contributed by atoms with Gasteiger partial charge in [-0.05, 0) is 46.0 Å². The summed E-state index contributed by atoms with van der Waals surface area (Å²) in [6.07, 6.45) is 2.94. The molecule has 5 heteroatoms. The van der Waals surface area contributed by atoms with Gasteiger partial charge in [0.1, 0.15) is 5.60 Å². The van der Waals surface area contributed by atoms with Gasteiger partial charge in [0.05, 0.1) is 0 Å². The van der Waals surface area contributed by atoms with E-state index in [9.17, 15) is 4.79 Å². The second kappa shape index (κ2) is 8.59. The van der Waals surface area contributed by atoms with E-state index in [0.717, 1.165) is 39.0 Å². The van der Waals surface area contributed by atoms with Crippen molar-refractivity contribution in [2.24, 2.45) is 5.92 Å². The van der Waals surface area contributed by atoms with Crippen LogP contribution in [0.15, 0.2) is 0 Å². The number of carbonyl (C=O) groups excluding carboxylic acids is 1. The summed E-state index contributed by atoms with van der Waals surface area (Å²) in [5, 5.41) is 6.53. The summed E-state index contributed by atoms with van der Waals surface area (Å²) < 4.78 is 10.8. The van der Waals surface area contributed by atoms with Gasteiger partial charge in [0.15, 0.2) is 0 Å². The molecule has 2 unspecified atom stereocenters.